The molecule has 0 amide bonds. The van der Waals surface area contributed by atoms with E-state index in [4.69, 9.17) is 0 Å². The van der Waals surface area contributed by atoms with Crippen molar-refractivity contribution in [2.45, 2.75) is 19.8 Å². The monoisotopic (exact) mass is 221 g/mol. The molecule has 0 aliphatic heterocycles. The summed E-state index contributed by atoms with van der Waals surface area (Å²) in [5.74, 6) is 0.677. The Bertz CT molecular complexity index is 464. The van der Waals surface area contributed by atoms with E-state index in [2.05, 4.69) is 22.2 Å². The Morgan fingerprint density at radius 2 is 2.25 bits per heavy atom. The molecule has 3 nitrogen and oxygen atoms in total. The van der Waals surface area contributed by atoms with Crippen LogP contribution in [0.2, 0.25) is 0 Å². The quantitative estimate of drug-likeness (QED) is 0.760. The van der Waals surface area contributed by atoms with E-state index in [0.717, 1.165) is 42.8 Å². The first-order valence-corrected chi connectivity index (χ1v) is 5.64. The molecule has 0 fully saturated rings. The summed E-state index contributed by atoms with van der Waals surface area (Å²) in [5, 5.41) is 3.31. The van der Waals surface area contributed by atoms with Crippen LogP contribution in [0, 0.1) is 5.82 Å². The second-order valence-electron chi connectivity index (χ2n) is 3.84. The van der Waals surface area contributed by atoms with E-state index in [1.165, 1.54) is 12.1 Å². The van der Waals surface area contributed by atoms with Gasteiger partial charge in [0.2, 0.25) is 0 Å². The lowest BCUT2D eigenvalue weighted by Crippen LogP contribution is -2.18. The maximum atomic E-state index is 12.9. The molecule has 86 valence electrons. The average Bonchev–Trinajstić information content (AvgIpc) is 2.66. The van der Waals surface area contributed by atoms with Crippen molar-refractivity contribution in [2.24, 2.45) is 0 Å². The lowest BCUT2D eigenvalue weighted by Gasteiger charge is -1.99. The van der Waals surface area contributed by atoms with Crippen LogP contribution in [-0.4, -0.2) is 23.1 Å². The Morgan fingerprint density at radius 3 is 3.06 bits per heavy atom. The maximum absolute atomic E-state index is 12.9. The van der Waals surface area contributed by atoms with Crippen LogP contribution in [0.5, 0.6) is 0 Å². The van der Waals surface area contributed by atoms with Gasteiger partial charge in [-0.3, -0.25) is 0 Å². The number of fused-ring (bicyclic) bond motifs is 1. The Kier molecular flexibility index (Phi) is 3.51. The summed E-state index contributed by atoms with van der Waals surface area (Å²) in [6, 6.07) is 4.61. The zero-order valence-corrected chi connectivity index (χ0v) is 9.39. The predicted molar refractivity (Wildman–Crippen MR) is 62.9 cm³/mol. The van der Waals surface area contributed by atoms with Crippen molar-refractivity contribution >= 4 is 11.0 Å². The maximum Gasteiger partial charge on any atom is 0.125 e. The Labute approximate surface area is 94.1 Å². The van der Waals surface area contributed by atoms with Gasteiger partial charge in [0.05, 0.1) is 11.0 Å². The number of benzene rings is 1. The standard InChI is InChI=1S/C12H16FN3/c1-2-6-14-7-5-12-15-10-4-3-9(13)8-11(10)16-12/h3-4,8,14H,2,5-7H2,1H3,(H,15,16). The van der Waals surface area contributed by atoms with Crippen molar-refractivity contribution < 1.29 is 4.39 Å². The molecule has 0 aliphatic carbocycles. The Hall–Kier alpha value is -1.42. The molecule has 1 aromatic heterocycles. The van der Waals surface area contributed by atoms with E-state index in [0.29, 0.717) is 0 Å². The van der Waals surface area contributed by atoms with Gasteiger partial charge in [-0.2, -0.15) is 0 Å². The van der Waals surface area contributed by atoms with E-state index in [-0.39, 0.29) is 5.82 Å². The number of rotatable bonds is 5. The minimum atomic E-state index is -0.230. The summed E-state index contributed by atoms with van der Waals surface area (Å²) in [7, 11) is 0. The Balaban J connectivity index is 2.02. The lowest BCUT2D eigenvalue weighted by molar-refractivity contribution is 0.629. The highest BCUT2D eigenvalue weighted by atomic mass is 19.1. The smallest absolute Gasteiger partial charge is 0.125 e. The fourth-order valence-corrected chi connectivity index (χ4v) is 1.66. The van der Waals surface area contributed by atoms with Crippen molar-refractivity contribution in [3.8, 4) is 0 Å². The van der Waals surface area contributed by atoms with Crippen LogP contribution in [0.25, 0.3) is 11.0 Å². The summed E-state index contributed by atoms with van der Waals surface area (Å²) < 4.78 is 12.9. The van der Waals surface area contributed by atoms with Crippen molar-refractivity contribution in [1.82, 2.24) is 15.3 Å². The normalized spacial score (nSPS) is 11.1. The number of aromatic nitrogens is 2. The van der Waals surface area contributed by atoms with Gasteiger partial charge >= 0.3 is 0 Å². The number of hydrogen-bond acceptors (Lipinski definition) is 2. The molecule has 0 saturated heterocycles. The first-order valence-electron chi connectivity index (χ1n) is 5.64. The van der Waals surface area contributed by atoms with Crippen LogP contribution < -0.4 is 5.32 Å². The van der Waals surface area contributed by atoms with E-state index < -0.39 is 0 Å². The number of aromatic amines is 1. The molecule has 16 heavy (non-hydrogen) atoms. The number of imidazole rings is 1. The SMILES string of the molecule is CCCNCCc1nc2ccc(F)cc2[nH]1. The summed E-state index contributed by atoms with van der Waals surface area (Å²) in [6.45, 7) is 4.06. The highest BCUT2D eigenvalue weighted by Crippen LogP contribution is 2.12. The lowest BCUT2D eigenvalue weighted by atomic mass is 10.3. The van der Waals surface area contributed by atoms with Gasteiger partial charge in [-0.05, 0) is 31.2 Å². The van der Waals surface area contributed by atoms with E-state index in [9.17, 15) is 4.39 Å². The third kappa shape index (κ3) is 2.58. The fraction of sp³-hybridized carbons (Fsp3) is 0.417. The molecule has 0 saturated carbocycles. The molecule has 4 heteroatoms. The summed E-state index contributed by atoms with van der Waals surface area (Å²) in [5.41, 5.74) is 1.59. The van der Waals surface area contributed by atoms with E-state index in [1.807, 2.05) is 0 Å². The molecule has 1 aromatic carbocycles. The molecule has 0 radical (unpaired) electrons. The van der Waals surface area contributed by atoms with Gasteiger partial charge in [0.25, 0.3) is 0 Å². The van der Waals surface area contributed by atoms with Crippen molar-refractivity contribution in [3.63, 3.8) is 0 Å². The van der Waals surface area contributed by atoms with Crippen molar-refractivity contribution in [1.29, 1.82) is 0 Å². The van der Waals surface area contributed by atoms with Crippen molar-refractivity contribution in [2.75, 3.05) is 13.1 Å². The molecule has 0 bridgehead atoms. The predicted octanol–water partition coefficient (Wildman–Crippen LogP) is 2.24. The average molecular weight is 221 g/mol. The third-order valence-electron chi connectivity index (χ3n) is 2.46. The highest BCUT2D eigenvalue weighted by molar-refractivity contribution is 5.74. The van der Waals surface area contributed by atoms with Crippen LogP contribution in [0.3, 0.4) is 0 Å². The zero-order valence-electron chi connectivity index (χ0n) is 9.39. The summed E-state index contributed by atoms with van der Waals surface area (Å²) >= 11 is 0. The van der Waals surface area contributed by atoms with Crippen LogP contribution in [-0.2, 0) is 6.42 Å². The van der Waals surface area contributed by atoms with Crippen LogP contribution in [0.15, 0.2) is 18.2 Å². The second-order valence-corrected chi connectivity index (χ2v) is 3.84. The topological polar surface area (TPSA) is 40.7 Å². The molecule has 2 aromatic rings. The molecule has 0 aliphatic rings. The zero-order chi connectivity index (χ0) is 11.4. The number of hydrogen-bond donors (Lipinski definition) is 2. The fourth-order valence-electron chi connectivity index (χ4n) is 1.66. The highest BCUT2D eigenvalue weighted by Gasteiger charge is 2.02. The number of nitrogens with zero attached hydrogens (tertiary/aromatic N) is 1. The molecule has 2 N–H and O–H groups in total. The molecule has 1 heterocycles. The summed E-state index contributed by atoms with van der Waals surface area (Å²) in [4.78, 5) is 7.51. The summed E-state index contributed by atoms with van der Waals surface area (Å²) in [6.07, 6.45) is 1.97. The minimum Gasteiger partial charge on any atom is -0.342 e. The molecule has 0 spiro atoms. The van der Waals surface area contributed by atoms with Crippen LogP contribution in [0.4, 0.5) is 4.39 Å². The van der Waals surface area contributed by atoms with Gasteiger partial charge in [-0.1, -0.05) is 6.92 Å². The first kappa shape index (κ1) is 11.1. The molecule has 2 rings (SSSR count). The minimum absolute atomic E-state index is 0.230. The molecule has 0 unspecified atom stereocenters. The first-order chi connectivity index (χ1) is 7.79. The third-order valence-corrected chi connectivity index (χ3v) is 2.46. The van der Waals surface area contributed by atoms with Gasteiger partial charge in [0, 0.05) is 13.0 Å². The van der Waals surface area contributed by atoms with Crippen molar-refractivity contribution in [3.05, 3.63) is 29.8 Å². The van der Waals surface area contributed by atoms with E-state index >= 15 is 0 Å². The van der Waals surface area contributed by atoms with Gasteiger partial charge in [-0.25, -0.2) is 9.37 Å². The molecule has 0 atom stereocenters. The van der Waals surface area contributed by atoms with Gasteiger partial charge in [0.1, 0.15) is 11.6 Å². The number of halogens is 1. The van der Waals surface area contributed by atoms with Crippen LogP contribution in [0.1, 0.15) is 19.2 Å². The molecular formula is C12H16FN3. The molecular weight excluding hydrogens is 205 g/mol. The van der Waals surface area contributed by atoms with Gasteiger partial charge in [-0.15, -0.1) is 0 Å². The van der Waals surface area contributed by atoms with E-state index in [1.54, 1.807) is 6.07 Å². The number of nitrogens with one attached hydrogen (secondary N) is 2. The van der Waals surface area contributed by atoms with Gasteiger partial charge in [0.15, 0.2) is 0 Å². The van der Waals surface area contributed by atoms with Crippen LogP contribution >= 0.6 is 0 Å². The number of H-pyrrole nitrogens is 1. The van der Waals surface area contributed by atoms with Gasteiger partial charge < -0.3 is 10.3 Å². The largest absolute Gasteiger partial charge is 0.342 e. The second kappa shape index (κ2) is 5.07. The Morgan fingerprint density at radius 1 is 1.38 bits per heavy atom.